The lowest BCUT2D eigenvalue weighted by molar-refractivity contribution is -0.658. The zero-order valence-corrected chi connectivity index (χ0v) is 9.33. The van der Waals surface area contributed by atoms with Crippen LogP contribution < -0.4 is 9.47 Å². The molecule has 0 spiro atoms. The van der Waals surface area contributed by atoms with Crippen molar-refractivity contribution in [3.05, 3.63) is 11.9 Å². The highest BCUT2D eigenvalue weighted by atomic mass is 15.3. The van der Waals surface area contributed by atoms with Crippen molar-refractivity contribution in [3.63, 3.8) is 0 Å². The van der Waals surface area contributed by atoms with Crippen LogP contribution in [0.25, 0.3) is 0 Å². The second-order valence-electron chi connectivity index (χ2n) is 3.52. The minimum absolute atomic E-state index is 1.04. The number of aromatic nitrogens is 2. The lowest BCUT2D eigenvalue weighted by Crippen LogP contribution is -2.34. The molecule has 0 saturated carbocycles. The summed E-state index contributed by atoms with van der Waals surface area (Å²) in [4.78, 5) is 2.16. The van der Waals surface area contributed by atoms with Crippen molar-refractivity contribution in [2.45, 2.75) is 26.8 Å². The van der Waals surface area contributed by atoms with Gasteiger partial charge in [0, 0.05) is 6.42 Å². The summed E-state index contributed by atoms with van der Waals surface area (Å²) in [5, 5.41) is 0. The fourth-order valence-corrected chi connectivity index (χ4v) is 1.85. The maximum Gasteiger partial charge on any atom is 0.359 e. The Morgan fingerprint density at radius 1 is 1.38 bits per heavy atom. The molecule has 3 nitrogen and oxygen atoms in total. The van der Waals surface area contributed by atoms with Crippen LogP contribution >= 0.6 is 0 Å². The fraction of sp³-hybridized carbons (Fsp3) is 0.700. The molecule has 0 aliphatic rings. The molecular weight excluding hydrogens is 162 g/mol. The van der Waals surface area contributed by atoms with E-state index in [2.05, 4.69) is 55.2 Å². The molecule has 0 N–H and O–H groups in total. The largest absolute Gasteiger partial charge is 0.359 e. The number of anilines is 1. The van der Waals surface area contributed by atoms with Crippen LogP contribution in [-0.4, -0.2) is 18.7 Å². The first-order valence-electron chi connectivity index (χ1n) is 4.87. The average Bonchev–Trinajstić information content (AvgIpc) is 2.41. The summed E-state index contributed by atoms with van der Waals surface area (Å²) in [7, 11) is 6.27. The lowest BCUT2D eigenvalue weighted by atomic mass is 10.3. The van der Waals surface area contributed by atoms with Crippen LogP contribution in [0.2, 0.25) is 0 Å². The van der Waals surface area contributed by atoms with E-state index in [0.717, 1.165) is 13.0 Å². The predicted octanol–water partition coefficient (Wildman–Crippen LogP) is 0.961. The summed E-state index contributed by atoms with van der Waals surface area (Å²) in [6.07, 6.45) is 3.30. The second kappa shape index (κ2) is 3.81. The molecule has 74 valence electrons. The third-order valence-corrected chi connectivity index (χ3v) is 2.32. The van der Waals surface area contributed by atoms with Gasteiger partial charge in [-0.05, 0) is 6.92 Å². The number of aryl methyl sites for hydroxylation is 2. The summed E-state index contributed by atoms with van der Waals surface area (Å²) >= 11 is 0. The molecular formula is C10H20N3+. The van der Waals surface area contributed by atoms with Gasteiger partial charge in [-0.3, -0.25) is 4.90 Å². The zero-order valence-electron chi connectivity index (χ0n) is 9.33. The van der Waals surface area contributed by atoms with Crippen molar-refractivity contribution in [1.29, 1.82) is 0 Å². The molecule has 1 aromatic heterocycles. The molecule has 0 amide bonds. The van der Waals surface area contributed by atoms with Crippen LogP contribution in [0.3, 0.4) is 0 Å². The van der Waals surface area contributed by atoms with Gasteiger partial charge in [-0.1, -0.05) is 6.92 Å². The number of hydrogen-bond donors (Lipinski definition) is 0. The normalized spacial score (nSPS) is 10.5. The van der Waals surface area contributed by atoms with Gasteiger partial charge in [-0.25, -0.2) is 9.13 Å². The quantitative estimate of drug-likeness (QED) is 0.634. The van der Waals surface area contributed by atoms with Crippen molar-refractivity contribution in [2.24, 2.45) is 7.05 Å². The van der Waals surface area contributed by atoms with E-state index < -0.39 is 0 Å². The first kappa shape index (κ1) is 10.1. The molecule has 0 atom stereocenters. The predicted molar refractivity (Wildman–Crippen MR) is 55.0 cm³/mol. The van der Waals surface area contributed by atoms with Crippen molar-refractivity contribution in [1.82, 2.24) is 4.57 Å². The Morgan fingerprint density at radius 3 is 2.38 bits per heavy atom. The Labute approximate surface area is 80.6 Å². The highest BCUT2D eigenvalue weighted by Gasteiger charge is 2.19. The summed E-state index contributed by atoms with van der Waals surface area (Å²) in [5.41, 5.74) is 1.40. The minimum Gasteiger partial charge on any atom is -0.270 e. The topological polar surface area (TPSA) is 12.1 Å². The van der Waals surface area contributed by atoms with Crippen LogP contribution in [0, 0.1) is 0 Å². The fourth-order valence-electron chi connectivity index (χ4n) is 1.85. The van der Waals surface area contributed by atoms with Gasteiger partial charge in [0.1, 0.15) is 5.69 Å². The number of nitrogens with zero attached hydrogens (tertiary/aromatic N) is 3. The Morgan fingerprint density at radius 2 is 2.00 bits per heavy atom. The highest BCUT2D eigenvalue weighted by Crippen LogP contribution is 2.10. The Hall–Kier alpha value is -0.990. The molecule has 1 rings (SSSR count). The van der Waals surface area contributed by atoms with Crippen molar-refractivity contribution < 1.29 is 4.57 Å². The van der Waals surface area contributed by atoms with Crippen molar-refractivity contribution in [3.8, 4) is 0 Å². The molecule has 3 heteroatoms. The molecule has 0 saturated heterocycles. The molecule has 0 aliphatic carbocycles. The second-order valence-corrected chi connectivity index (χ2v) is 3.52. The molecule has 1 aromatic rings. The van der Waals surface area contributed by atoms with E-state index in [1.54, 1.807) is 0 Å². The van der Waals surface area contributed by atoms with Gasteiger partial charge in [0.05, 0.1) is 33.9 Å². The molecule has 13 heavy (non-hydrogen) atoms. The van der Waals surface area contributed by atoms with Crippen molar-refractivity contribution >= 4 is 5.95 Å². The molecule has 0 unspecified atom stereocenters. The van der Waals surface area contributed by atoms with Crippen LogP contribution in [-0.2, 0) is 20.0 Å². The monoisotopic (exact) mass is 182 g/mol. The van der Waals surface area contributed by atoms with Gasteiger partial charge in [0.2, 0.25) is 0 Å². The summed E-state index contributed by atoms with van der Waals surface area (Å²) in [6, 6.07) is 0. The first-order valence-corrected chi connectivity index (χ1v) is 4.87. The van der Waals surface area contributed by atoms with Gasteiger partial charge in [-0.15, -0.1) is 0 Å². The SMILES string of the molecule is CCc1c[n+](C)c(N(C)C)n1CC. The summed E-state index contributed by atoms with van der Waals surface area (Å²) in [6.45, 7) is 5.42. The third-order valence-electron chi connectivity index (χ3n) is 2.32. The Kier molecular flexibility index (Phi) is 2.96. The Bertz CT molecular complexity index is 287. The van der Waals surface area contributed by atoms with E-state index in [9.17, 15) is 0 Å². The van der Waals surface area contributed by atoms with Gasteiger partial charge in [-0.2, -0.15) is 0 Å². The van der Waals surface area contributed by atoms with Crippen LogP contribution in [0.4, 0.5) is 5.95 Å². The molecule has 0 aliphatic heterocycles. The molecule has 0 bridgehead atoms. The van der Waals surface area contributed by atoms with Crippen LogP contribution in [0.15, 0.2) is 6.20 Å². The first-order chi connectivity index (χ1) is 6.11. The van der Waals surface area contributed by atoms with Crippen LogP contribution in [0.1, 0.15) is 19.5 Å². The van der Waals surface area contributed by atoms with E-state index in [1.807, 2.05) is 0 Å². The lowest BCUT2D eigenvalue weighted by Gasteiger charge is -2.08. The molecule has 0 fully saturated rings. The minimum atomic E-state index is 1.04. The highest BCUT2D eigenvalue weighted by molar-refractivity contribution is 5.24. The molecule has 0 aromatic carbocycles. The van der Waals surface area contributed by atoms with E-state index in [1.165, 1.54) is 11.6 Å². The third kappa shape index (κ3) is 1.69. The Balaban J connectivity index is 3.22. The zero-order chi connectivity index (χ0) is 10.0. The number of hydrogen-bond acceptors (Lipinski definition) is 1. The van der Waals surface area contributed by atoms with E-state index >= 15 is 0 Å². The van der Waals surface area contributed by atoms with Gasteiger partial charge in [0.15, 0.2) is 0 Å². The molecule has 0 radical (unpaired) electrons. The van der Waals surface area contributed by atoms with E-state index in [0.29, 0.717) is 0 Å². The van der Waals surface area contributed by atoms with E-state index in [4.69, 9.17) is 0 Å². The smallest absolute Gasteiger partial charge is 0.270 e. The standard InChI is InChI=1S/C10H20N3/c1-6-9-8-12(5)10(11(3)4)13(9)7-2/h8H,6-7H2,1-5H3/q+1. The number of rotatable bonds is 3. The van der Waals surface area contributed by atoms with Gasteiger partial charge < -0.3 is 0 Å². The van der Waals surface area contributed by atoms with Crippen LogP contribution in [0.5, 0.6) is 0 Å². The maximum absolute atomic E-state index is 2.35. The number of imidazole rings is 1. The average molecular weight is 182 g/mol. The summed E-state index contributed by atoms with van der Waals surface area (Å²) < 4.78 is 4.53. The van der Waals surface area contributed by atoms with Gasteiger partial charge in [0.25, 0.3) is 0 Å². The van der Waals surface area contributed by atoms with Gasteiger partial charge >= 0.3 is 5.95 Å². The van der Waals surface area contributed by atoms with E-state index in [-0.39, 0.29) is 0 Å². The molecule has 1 heterocycles. The maximum atomic E-state index is 2.35. The summed E-state index contributed by atoms with van der Waals surface area (Å²) in [5.74, 6) is 1.26. The van der Waals surface area contributed by atoms with Crippen molar-refractivity contribution in [2.75, 3.05) is 19.0 Å².